The first-order chi connectivity index (χ1) is 17.8. The Labute approximate surface area is 217 Å². The van der Waals surface area contributed by atoms with Crippen LogP contribution in [0.1, 0.15) is 36.0 Å². The topological polar surface area (TPSA) is 114 Å². The molecule has 3 N–H and O–H groups in total. The molecule has 1 aliphatic rings. The molecule has 2 heterocycles. The van der Waals surface area contributed by atoms with Crippen LogP contribution in [0.25, 0.3) is 0 Å². The number of benzene rings is 2. The quantitative estimate of drug-likeness (QED) is 0.396. The third-order valence-electron chi connectivity index (χ3n) is 6.67. The van der Waals surface area contributed by atoms with Crippen molar-refractivity contribution in [2.45, 2.75) is 38.8 Å². The second-order valence-electron chi connectivity index (χ2n) is 9.36. The second-order valence-corrected chi connectivity index (χ2v) is 9.36. The zero-order chi connectivity index (χ0) is 26.6. The van der Waals surface area contributed by atoms with Gasteiger partial charge in [0.05, 0.1) is 0 Å². The summed E-state index contributed by atoms with van der Waals surface area (Å²) in [6.45, 7) is 3.84. The number of rotatable bonds is 8. The van der Waals surface area contributed by atoms with Crippen molar-refractivity contribution in [3.05, 3.63) is 100.0 Å². The number of para-hydroxylation sites is 1. The van der Waals surface area contributed by atoms with E-state index in [2.05, 4.69) is 76.4 Å². The van der Waals surface area contributed by atoms with Crippen LogP contribution in [0.2, 0.25) is 0 Å². The summed E-state index contributed by atoms with van der Waals surface area (Å²) in [5.41, 5.74) is 5.04. The van der Waals surface area contributed by atoms with E-state index in [0.717, 1.165) is 44.1 Å². The summed E-state index contributed by atoms with van der Waals surface area (Å²) in [7, 11) is 2.19. The Bertz CT molecular complexity index is 1190. The molecule has 0 aliphatic carbocycles. The number of carboxylic acids is 2. The average molecular weight is 506 g/mol. The van der Waals surface area contributed by atoms with Crippen LogP contribution in [0.15, 0.2) is 77.7 Å². The van der Waals surface area contributed by atoms with Gasteiger partial charge in [-0.05, 0) is 68.0 Å². The highest BCUT2D eigenvalue weighted by Crippen LogP contribution is 2.27. The third-order valence-corrected chi connectivity index (χ3v) is 6.67. The summed E-state index contributed by atoms with van der Waals surface area (Å²) in [4.78, 5) is 37.7. The fraction of sp³-hybridized carbons (Fsp3) is 0.345. The summed E-state index contributed by atoms with van der Waals surface area (Å²) in [5, 5.41) is 14.8. The highest BCUT2D eigenvalue weighted by Gasteiger charge is 2.20. The van der Waals surface area contributed by atoms with Gasteiger partial charge < -0.3 is 20.1 Å². The van der Waals surface area contributed by atoms with Crippen molar-refractivity contribution < 1.29 is 19.8 Å². The van der Waals surface area contributed by atoms with E-state index in [9.17, 15) is 4.79 Å². The molecule has 37 heavy (non-hydrogen) atoms. The first-order valence-electron chi connectivity index (χ1n) is 12.5. The molecule has 8 nitrogen and oxygen atoms in total. The minimum Gasteiger partial charge on any atom is -0.473 e. The molecular formula is C29H35N3O5. The van der Waals surface area contributed by atoms with Gasteiger partial charge in [-0.1, -0.05) is 54.6 Å². The van der Waals surface area contributed by atoms with Gasteiger partial charge in [0.2, 0.25) is 0 Å². The van der Waals surface area contributed by atoms with Crippen molar-refractivity contribution in [3.8, 4) is 0 Å². The zero-order valence-electron chi connectivity index (χ0n) is 21.2. The van der Waals surface area contributed by atoms with Crippen molar-refractivity contribution in [2.75, 3.05) is 25.0 Å². The summed E-state index contributed by atoms with van der Waals surface area (Å²) in [6.07, 6.45) is 6.49. The maximum atomic E-state index is 11.9. The second kappa shape index (κ2) is 14.0. The summed E-state index contributed by atoms with van der Waals surface area (Å²) < 4.78 is 0. The number of pyridine rings is 1. The molecule has 8 heteroatoms. The molecule has 1 aliphatic heterocycles. The Kier molecular flexibility index (Phi) is 10.5. The van der Waals surface area contributed by atoms with E-state index >= 15 is 0 Å². The number of nitrogens with one attached hydrogen (secondary N) is 1. The molecule has 0 unspecified atom stereocenters. The number of aryl methyl sites for hydroxylation is 1. The highest BCUT2D eigenvalue weighted by molar-refractivity contribution is 6.27. The van der Waals surface area contributed by atoms with Gasteiger partial charge in [0.1, 0.15) is 0 Å². The summed E-state index contributed by atoms with van der Waals surface area (Å²) in [5.74, 6) is -2.89. The van der Waals surface area contributed by atoms with Gasteiger partial charge in [-0.3, -0.25) is 9.69 Å². The van der Waals surface area contributed by atoms with E-state index in [0.29, 0.717) is 0 Å². The number of carbonyl (C=O) groups is 2. The fourth-order valence-electron chi connectivity index (χ4n) is 4.65. The van der Waals surface area contributed by atoms with Crippen molar-refractivity contribution in [1.29, 1.82) is 0 Å². The first kappa shape index (κ1) is 27.7. The minimum atomic E-state index is -1.82. The molecule has 1 fully saturated rings. The lowest BCUT2D eigenvalue weighted by molar-refractivity contribution is -0.159. The SMILES string of the molecule is CN(Cc1ccccc1)c1ccccc1CCC1CCN(Cc2ccc[nH]c2=O)CC1.O=C(O)C(=O)O. The summed E-state index contributed by atoms with van der Waals surface area (Å²) >= 11 is 0. The molecule has 1 aromatic heterocycles. The van der Waals surface area contributed by atoms with Crippen LogP contribution in [0, 0.1) is 5.92 Å². The summed E-state index contributed by atoms with van der Waals surface area (Å²) in [6, 6.07) is 23.4. The van der Waals surface area contributed by atoms with E-state index in [1.165, 1.54) is 36.1 Å². The number of anilines is 1. The van der Waals surface area contributed by atoms with Gasteiger partial charge >= 0.3 is 11.9 Å². The van der Waals surface area contributed by atoms with E-state index in [-0.39, 0.29) is 5.56 Å². The molecule has 0 amide bonds. The Balaban J connectivity index is 0.000000568. The average Bonchev–Trinajstić information content (AvgIpc) is 2.90. The van der Waals surface area contributed by atoms with Gasteiger partial charge in [-0.15, -0.1) is 0 Å². The number of aromatic nitrogens is 1. The van der Waals surface area contributed by atoms with Gasteiger partial charge in [0, 0.05) is 37.6 Å². The smallest absolute Gasteiger partial charge is 0.414 e. The largest absolute Gasteiger partial charge is 0.473 e. The molecule has 2 aromatic carbocycles. The van der Waals surface area contributed by atoms with Crippen LogP contribution in [-0.2, 0) is 29.1 Å². The number of hydrogen-bond donors (Lipinski definition) is 3. The number of aromatic amines is 1. The van der Waals surface area contributed by atoms with Gasteiger partial charge in [0.15, 0.2) is 0 Å². The normalized spacial score (nSPS) is 13.9. The monoisotopic (exact) mass is 505 g/mol. The first-order valence-corrected chi connectivity index (χ1v) is 12.5. The third kappa shape index (κ3) is 8.91. The molecule has 1 saturated heterocycles. The van der Waals surface area contributed by atoms with Crippen molar-refractivity contribution in [1.82, 2.24) is 9.88 Å². The van der Waals surface area contributed by atoms with Crippen molar-refractivity contribution in [3.63, 3.8) is 0 Å². The molecule has 0 bridgehead atoms. The minimum absolute atomic E-state index is 0.0425. The van der Waals surface area contributed by atoms with Gasteiger partial charge in [-0.25, -0.2) is 9.59 Å². The predicted molar refractivity (Wildman–Crippen MR) is 144 cm³/mol. The van der Waals surface area contributed by atoms with Crippen molar-refractivity contribution >= 4 is 17.6 Å². The molecule has 0 spiro atoms. The molecule has 0 saturated carbocycles. The maximum Gasteiger partial charge on any atom is 0.414 e. The van der Waals surface area contributed by atoms with Crippen LogP contribution in [0.4, 0.5) is 5.69 Å². The molecule has 0 atom stereocenters. The Morgan fingerprint density at radius 3 is 2.19 bits per heavy atom. The molecule has 3 aromatic rings. The number of piperidine rings is 1. The van der Waals surface area contributed by atoms with Crippen LogP contribution in [0.3, 0.4) is 0 Å². The van der Waals surface area contributed by atoms with Gasteiger partial charge in [0.25, 0.3) is 5.56 Å². The fourth-order valence-corrected chi connectivity index (χ4v) is 4.65. The molecular weight excluding hydrogens is 470 g/mol. The lowest BCUT2D eigenvalue weighted by atomic mass is 9.90. The lowest BCUT2D eigenvalue weighted by Gasteiger charge is -2.32. The Morgan fingerprint density at radius 1 is 0.919 bits per heavy atom. The lowest BCUT2D eigenvalue weighted by Crippen LogP contribution is -2.35. The van der Waals surface area contributed by atoms with E-state index < -0.39 is 11.9 Å². The number of H-pyrrole nitrogens is 1. The van der Waals surface area contributed by atoms with Crippen molar-refractivity contribution in [2.24, 2.45) is 5.92 Å². The highest BCUT2D eigenvalue weighted by atomic mass is 16.4. The number of nitrogens with zero attached hydrogens (tertiary/aromatic N) is 2. The Hall–Kier alpha value is -3.91. The molecule has 0 radical (unpaired) electrons. The van der Waals surface area contributed by atoms with Gasteiger partial charge in [-0.2, -0.15) is 0 Å². The molecule has 4 rings (SSSR count). The molecule has 196 valence electrons. The zero-order valence-corrected chi connectivity index (χ0v) is 21.2. The Morgan fingerprint density at radius 2 is 1.54 bits per heavy atom. The standard InChI is InChI=1S/C27H33N3O.C2H2O4/c1-29(20-23-8-3-2-4-9-23)26-12-6-5-10-24(26)14-13-22-15-18-30(19-16-22)21-25-11-7-17-28-27(25)31;3-1(4)2(5)6/h2-12,17,22H,13-16,18-21H2,1H3,(H,28,31);(H,3,4)(H,5,6). The predicted octanol–water partition coefficient (Wildman–Crippen LogP) is 4.01. The van der Waals surface area contributed by atoms with Crippen LogP contribution in [0.5, 0.6) is 0 Å². The van der Waals surface area contributed by atoms with Crippen LogP contribution in [-0.4, -0.2) is 52.2 Å². The number of hydrogen-bond acceptors (Lipinski definition) is 5. The maximum absolute atomic E-state index is 11.9. The number of carboxylic acid groups (broad SMARTS) is 2. The van der Waals surface area contributed by atoms with E-state index in [1.807, 2.05) is 12.1 Å². The number of likely N-dealkylation sites (tertiary alicyclic amines) is 1. The van der Waals surface area contributed by atoms with E-state index in [4.69, 9.17) is 19.8 Å². The van der Waals surface area contributed by atoms with Crippen LogP contribution < -0.4 is 10.5 Å². The van der Waals surface area contributed by atoms with E-state index in [1.54, 1.807) is 6.20 Å². The number of aliphatic carboxylic acids is 2. The van der Waals surface area contributed by atoms with Crippen LogP contribution >= 0.6 is 0 Å².